The Morgan fingerprint density at radius 1 is 0.943 bits per heavy atom. The van der Waals surface area contributed by atoms with E-state index in [-0.39, 0.29) is 16.7 Å². The second-order valence-electron chi connectivity index (χ2n) is 7.09. The molecular formula is C22H15ClF3N5O3S. The van der Waals surface area contributed by atoms with Crippen molar-refractivity contribution in [1.29, 1.82) is 0 Å². The van der Waals surface area contributed by atoms with Crippen LogP contribution in [0.4, 0.5) is 40.1 Å². The molecule has 4 aromatic rings. The second kappa shape index (κ2) is 9.76. The standard InChI is InChI=1S/C22H15ClF3N5O3S/c23-15-7-1-11(22(24,25)26)9-17(15)30-20(32)27-12-2-4-13(5-3-12)35-14-6-8-16-18(10-14)29-19(28-16)31-21(33)34/h1-10H,(H,33,34)(H2,27,30,32)(H2,28,29,31). The number of anilines is 3. The molecule has 1 heterocycles. The van der Waals surface area contributed by atoms with Crippen LogP contribution < -0.4 is 16.0 Å². The summed E-state index contributed by atoms with van der Waals surface area (Å²) in [6.07, 6.45) is -5.79. The first kappa shape index (κ1) is 24.2. The average Bonchev–Trinajstić information content (AvgIpc) is 3.16. The number of alkyl halides is 3. The number of fused-ring (bicyclic) bond motifs is 1. The van der Waals surface area contributed by atoms with Crippen LogP contribution in [0.2, 0.25) is 5.02 Å². The van der Waals surface area contributed by atoms with Crippen LogP contribution in [-0.2, 0) is 6.18 Å². The van der Waals surface area contributed by atoms with Crippen molar-refractivity contribution in [1.82, 2.24) is 9.97 Å². The summed E-state index contributed by atoms with van der Waals surface area (Å²) in [7, 11) is 0. The molecule has 180 valence electrons. The van der Waals surface area contributed by atoms with Gasteiger partial charge in [0.05, 0.1) is 27.3 Å². The van der Waals surface area contributed by atoms with Crippen molar-refractivity contribution in [2.45, 2.75) is 16.0 Å². The molecule has 0 aliphatic heterocycles. The van der Waals surface area contributed by atoms with Gasteiger partial charge in [-0.05, 0) is 60.7 Å². The largest absolute Gasteiger partial charge is 0.465 e. The number of rotatable bonds is 5. The Bertz CT molecular complexity index is 1410. The van der Waals surface area contributed by atoms with Crippen LogP contribution in [0.15, 0.2) is 70.5 Å². The van der Waals surface area contributed by atoms with Crippen LogP contribution in [0.25, 0.3) is 11.0 Å². The molecule has 8 nitrogen and oxygen atoms in total. The first-order valence-corrected chi connectivity index (χ1v) is 11.0. The zero-order valence-corrected chi connectivity index (χ0v) is 19.0. The number of imidazole rings is 1. The molecule has 3 aromatic carbocycles. The second-order valence-corrected chi connectivity index (χ2v) is 8.65. The van der Waals surface area contributed by atoms with Gasteiger partial charge >= 0.3 is 18.3 Å². The number of carbonyl (C=O) groups is 2. The lowest BCUT2D eigenvalue weighted by Crippen LogP contribution is -2.20. The van der Waals surface area contributed by atoms with Crippen molar-refractivity contribution in [2.75, 3.05) is 16.0 Å². The normalized spacial score (nSPS) is 11.3. The molecule has 0 radical (unpaired) electrons. The smallest absolute Gasteiger partial charge is 0.416 e. The number of H-pyrrole nitrogens is 1. The third kappa shape index (κ3) is 6.16. The Kier molecular flexibility index (Phi) is 6.76. The number of amides is 3. The van der Waals surface area contributed by atoms with Crippen LogP contribution in [0.1, 0.15) is 5.56 Å². The molecule has 0 bridgehead atoms. The number of aromatic nitrogens is 2. The zero-order chi connectivity index (χ0) is 25.2. The van der Waals surface area contributed by atoms with E-state index in [1.807, 2.05) is 12.1 Å². The van der Waals surface area contributed by atoms with Gasteiger partial charge in [0.2, 0.25) is 5.95 Å². The van der Waals surface area contributed by atoms with E-state index in [1.54, 1.807) is 30.3 Å². The minimum Gasteiger partial charge on any atom is -0.465 e. The van der Waals surface area contributed by atoms with Crippen molar-refractivity contribution >= 4 is 63.8 Å². The van der Waals surface area contributed by atoms with Crippen molar-refractivity contribution in [3.8, 4) is 0 Å². The van der Waals surface area contributed by atoms with E-state index in [9.17, 15) is 22.8 Å². The molecule has 0 aliphatic rings. The fraction of sp³-hybridized carbons (Fsp3) is 0.0455. The quantitative estimate of drug-likeness (QED) is 0.191. The maximum Gasteiger partial charge on any atom is 0.416 e. The fourth-order valence-electron chi connectivity index (χ4n) is 3.04. The number of benzene rings is 3. The molecule has 13 heteroatoms. The number of halogens is 4. The number of hydrogen-bond acceptors (Lipinski definition) is 4. The van der Waals surface area contributed by atoms with E-state index in [4.69, 9.17) is 16.7 Å². The van der Waals surface area contributed by atoms with Crippen molar-refractivity contribution < 1.29 is 27.9 Å². The third-order valence-corrected chi connectivity index (χ3v) is 5.90. The Labute approximate surface area is 204 Å². The third-order valence-electron chi connectivity index (χ3n) is 4.57. The number of nitrogens with one attached hydrogen (secondary N) is 4. The van der Waals surface area contributed by atoms with Crippen molar-refractivity contribution in [3.63, 3.8) is 0 Å². The molecule has 0 saturated carbocycles. The lowest BCUT2D eigenvalue weighted by Gasteiger charge is -2.12. The highest BCUT2D eigenvalue weighted by Crippen LogP contribution is 2.34. The molecule has 0 aliphatic carbocycles. The predicted molar refractivity (Wildman–Crippen MR) is 127 cm³/mol. The SMILES string of the molecule is O=C(O)Nc1nc2ccc(Sc3ccc(NC(=O)Nc4cc(C(F)(F)F)ccc4Cl)cc3)cc2[nH]1. The van der Waals surface area contributed by atoms with Gasteiger partial charge in [-0.2, -0.15) is 13.2 Å². The van der Waals surface area contributed by atoms with Gasteiger partial charge in [0.1, 0.15) is 0 Å². The first-order chi connectivity index (χ1) is 16.6. The molecule has 0 unspecified atom stereocenters. The Morgan fingerprint density at radius 2 is 1.66 bits per heavy atom. The summed E-state index contributed by atoms with van der Waals surface area (Å²) < 4.78 is 38.7. The summed E-state index contributed by atoms with van der Waals surface area (Å²) in [6.45, 7) is 0. The predicted octanol–water partition coefficient (Wildman–Crippen LogP) is 7.12. The first-order valence-electron chi connectivity index (χ1n) is 9.79. The maximum atomic E-state index is 12.9. The molecule has 5 N–H and O–H groups in total. The topological polar surface area (TPSA) is 119 Å². The van der Waals surface area contributed by atoms with E-state index in [0.717, 1.165) is 28.0 Å². The van der Waals surface area contributed by atoms with E-state index >= 15 is 0 Å². The Hall–Kier alpha value is -3.90. The lowest BCUT2D eigenvalue weighted by atomic mass is 10.2. The number of carbonyl (C=O) groups excluding carboxylic acids is 1. The van der Waals surface area contributed by atoms with Gasteiger partial charge < -0.3 is 20.7 Å². The van der Waals surface area contributed by atoms with E-state index in [0.29, 0.717) is 16.7 Å². The van der Waals surface area contributed by atoms with Crippen LogP contribution in [0, 0.1) is 0 Å². The van der Waals surface area contributed by atoms with Gasteiger partial charge in [-0.25, -0.2) is 14.6 Å². The molecule has 4 rings (SSSR count). The minimum atomic E-state index is -4.56. The highest BCUT2D eigenvalue weighted by molar-refractivity contribution is 7.99. The summed E-state index contributed by atoms with van der Waals surface area (Å²) in [6, 6.07) is 14.1. The monoisotopic (exact) mass is 521 g/mol. The summed E-state index contributed by atoms with van der Waals surface area (Å²) in [4.78, 5) is 31.7. The van der Waals surface area contributed by atoms with Gasteiger partial charge in [0, 0.05) is 15.5 Å². The molecule has 1 aromatic heterocycles. The molecule has 0 spiro atoms. The average molecular weight is 522 g/mol. The lowest BCUT2D eigenvalue weighted by molar-refractivity contribution is -0.137. The number of nitrogens with zero attached hydrogens (tertiary/aromatic N) is 1. The van der Waals surface area contributed by atoms with Gasteiger partial charge in [0.25, 0.3) is 0 Å². The van der Waals surface area contributed by atoms with Crippen LogP contribution in [0.3, 0.4) is 0 Å². The summed E-state index contributed by atoms with van der Waals surface area (Å²) >= 11 is 7.33. The molecule has 35 heavy (non-hydrogen) atoms. The zero-order valence-electron chi connectivity index (χ0n) is 17.4. The molecule has 0 atom stereocenters. The van der Waals surface area contributed by atoms with Crippen molar-refractivity contribution in [2.24, 2.45) is 0 Å². The maximum absolute atomic E-state index is 12.9. The summed E-state index contributed by atoms with van der Waals surface area (Å²) in [5.41, 5.74) is 0.582. The highest BCUT2D eigenvalue weighted by Gasteiger charge is 2.31. The van der Waals surface area contributed by atoms with Crippen LogP contribution in [0.5, 0.6) is 0 Å². The molecular weight excluding hydrogens is 507 g/mol. The van der Waals surface area contributed by atoms with Gasteiger partial charge in [0.15, 0.2) is 0 Å². The molecule has 3 amide bonds. The highest BCUT2D eigenvalue weighted by atomic mass is 35.5. The fourth-order valence-corrected chi connectivity index (χ4v) is 4.06. The van der Waals surface area contributed by atoms with Crippen LogP contribution in [-0.4, -0.2) is 27.2 Å². The van der Waals surface area contributed by atoms with Crippen LogP contribution >= 0.6 is 23.4 Å². The number of aromatic amines is 1. The Morgan fingerprint density at radius 3 is 2.34 bits per heavy atom. The minimum absolute atomic E-state index is 0.0278. The number of carboxylic acid groups (broad SMARTS) is 1. The van der Waals surface area contributed by atoms with Crippen molar-refractivity contribution in [3.05, 3.63) is 71.2 Å². The van der Waals surface area contributed by atoms with E-state index in [2.05, 4.69) is 25.9 Å². The van der Waals surface area contributed by atoms with E-state index in [1.165, 1.54) is 11.8 Å². The molecule has 0 saturated heterocycles. The van der Waals surface area contributed by atoms with E-state index < -0.39 is 23.9 Å². The van der Waals surface area contributed by atoms with Gasteiger partial charge in [-0.3, -0.25) is 5.32 Å². The molecule has 0 fully saturated rings. The Balaban J connectivity index is 1.39. The summed E-state index contributed by atoms with van der Waals surface area (Å²) in [5.74, 6) is 0.120. The van der Waals surface area contributed by atoms with Gasteiger partial charge in [-0.15, -0.1) is 0 Å². The number of hydrogen-bond donors (Lipinski definition) is 5. The number of urea groups is 1. The van der Waals surface area contributed by atoms with Gasteiger partial charge in [-0.1, -0.05) is 23.4 Å². The summed E-state index contributed by atoms with van der Waals surface area (Å²) in [5, 5.41) is 15.8.